The molecule has 0 spiro atoms. The van der Waals surface area contributed by atoms with Gasteiger partial charge in [-0.1, -0.05) is 15.9 Å². The van der Waals surface area contributed by atoms with Crippen LogP contribution in [0.25, 0.3) is 11.4 Å². The number of hydrogen-bond acceptors (Lipinski definition) is 3. The van der Waals surface area contributed by atoms with E-state index in [0.717, 1.165) is 17.2 Å². The second-order valence-electron chi connectivity index (χ2n) is 3.32. The number of halogens is 1. The van der Waals surface area contributed by atoms with E-state index in [9.17, 15) is 0 Å². The fourth-order valence-electron chi connectivity index (χ4n) is 1.42. The first-order chi connectivity index (χ1) is 7.76. The number of nitriles is 1. The first kappa shape index (κ1) is 10.8. The van der Waals surface area contributed by atoms with Gasteiger partial charge in [0.1, 0.15) is 5.82 Å². The van der Waals surface area contributed by atoms with Crippen LogP contribution >= 0.6 is 15.9 Å². The molecule has 0 N–H and O–H groups in total. The molecular formula is C11H9BrN4. The van der Waals surface area contributed by atoms with Gasteiger partial charge in [-0.05, 0) is 24.3 Å². The highest BCUT2D eigenvalue weighted by Crippen LogP contribution is 2.18. The second kappa shape index (κ2) is 4.45. The SMILES string of the molecule is Cn1c(CBr)nnc1-c1ccc(C#N)cc1. The fourth-order valence-corrected chi connectivity index (χ4v) is 1.91. The van der Waals surface area contributed by atoms with Crippen LogP contribution in [0.3, 0.4) is 0 Å². The van der Waals surface area contributed by atoms with E-state index in [2.05, 4.69) is 32.2 Å². The van der Waals surface area contributed by atoms with Crippen LogP contribution in [0.15, 0.2) is 24.3 Å². The summed E-state index contributed by atoms with van der Waals surface area (Å²) in [6.45, 7) is 0. The lowest BCUT2D eigenvalue weighted by atomic mass is 10.1. The highest BCUT2D eigenvalue weighted by molar-refractivity contribution is 9.08. The van der Waals surface area contributed by atoms with Crippen LogP contribution in [0.5, 0.6) is 0 Å². The lowest BCUT2D eigenvalue weighted by Gasteiger charge is -2.01. The van der Waals surface area contributed by atoms with Gasteiger partial charge in [-0.2, -0.15) is 5.26 Å². The van der Waals surface area contributed by atoms with Crippen LogP contribution < -0.4 is 0 Å². The summed E-state index contributed by atoms with van der Waals surface area (Å²) < 4.78 is 1.93. The number of nitrogens with zero attached hydrogens (tertiary/aromatic N) is 4. The van der Waals surface area contributed by atoms with E-state index in [1.807, 2.05) is 23.7 Å². The topological polar surface area (TPSA) is 54.5 Å². The van der Waals surface area contributed by atoms with Crippen LogP contribution in [0.1, 0.15) is 11.4 Å². The summed E-state index contributed by atoms with van der Waals surface area (Å²) in [6.07, 6.45) is 0. The number of rotatable bonds is 2. The minimum absolute atomic E-state index is 0.645. The normalized spacial score (nSPS) is 10.1. The quantitative estimate of drug-likeness (QED) is 0.791. The third kappa shape index (κ3) is 1.84. The molecule has 1 aromatic carbocycles. The zero-order chi connectivity index (χ0) is 11.5. The summed E-state index contributed by atoms with van der Waals surface area (Å²) in [5.74, 6) is 1.68. The number of alkyl halides is 1. The Morgan fingerprint density at radius 1 is 1.31 bits per heavy atom. The van der Waals surface area contributed by atoms with Gasteiger partial charge in [0, 0.05) is 12.6 Å². The fraction of sp³-hybridized carbons (Fsp3) is 0.182. The van der Waals surface area contributed by atoms with Crippen LogP contribution in [-0.4, -0.2) is 14.8 Å². The maximum atomic E-state index is 8.71. The molecule has 80 valence electrons. The summed E-state index contributed by atoms with van der Waals surface area (Å²) in [7, 11) is 1.92. The Labute approximate surface area is 102 Å². The van der Waals surface area contributed by atoms with Gasteiger partial charge in [-0.15, -0.1) is 10.2 Å². The van der Waals surface area contributed by atoms with E-state index in [1.54, 1.807) is 12.1 Å². The zero-order valence-electron chi connectivity index (χ0n) is 8.68. The smallest absolute Gasteiger partial charge is 0.163 e. The van der Waals surface area contributed by atoms with E-state index >= 15 is 0 Å². The summed E-state index contributed by atoms with van der Waals surface area (Å²) in [5.41, 5.74) is 1.60. The standard InChI is InChI=1S/C11H9BrN4/c1-16-10(6-12)14-15-11(16)9-4-2-8(7-13)3-5-9/h2-5H,6H2,1H3. The summed E-state index contributed by atoms with van der Waals surface area (Å²) in [4.78, 5) is 0. The van der Waals surface area contributed by atoms with Gasteiger partial charge >= 0.3 is 0 Å². The van der Waals surface area contributed by atoms with E-state index in [4.69, 9.17) is 5.26 Å². The average molecular weight is 277 g/mol. The molecule has 0 aliphatic heterocycles. The Morgan fingerprint density at radius 2 is 2.00 bits per heavy atom. The van der Waals surface area contributed by atoms with Gasteiger partial charge < -0.3 is 4.57 Å². The van der Waals surface area contributed by atoms with Gasteiger partial charge in [0.05, 0.1) is 17.0 Å². The van der Waals surface area contributed by atoms with Crippen LogP contribution in [0.4, 0.5) is 0 Å². The molecule has 1 heterocycles. The first-order valence-corrected chi connectivity index (χ1v) is 5.83. The van der Waals surface area contributed by atoms with Crippen molar-refractivity contribution in [3.05, 3.63) is 35.7 Å². The predicted molar refractivity (Wildman–Crippen MR) is 63.8 cm³/mol. The van der Waals surface area contributed by atoms with Crippen LogP contribution in [-0.2, 0) is 12.4 Å². The molecule has 0 atom stereocenters. The Kier molecular flexibility index (Phi) is 3.02. The third-order valence-electron chi connectivity index (χ3n) is 2.36. The molecule has 0 saturated heterocycles. The molecule has 0 aliphatic rings. The van der Waals surface area contributed by atoms with Gasteiger partial charge in [0.15, 0.2) is 5.82 Å². The maximum absolute atomic E-state index is 8.71. The number of aromatic nitrogens is 3. The molecule has 0 fully saturated rings. The van der Waals surface area contributed by atoms with Gasteiger partial charge in [-0.3, -0.25) is 0 Å². The zero-order valence-corrected chi connectivity index (χ0v) is 10.3. The molecule has 2 rings (SSSR count). The van der Waals surface area contributed by atoms with Crippen LogP contribution in [0, 0.1) is 11.3 Å². The minimum Gasteiger partial charge on any atom is -0.313 e. The molecule has 2 aromatic rings. The molecule has 0 radical (unpaired) electrons. The van der Waals surface area contributed by atoms with Crippen LogP contribution in [0.2, 0.25) is 0 Å². The van der Waals surface area contributed by atoms with Crippen molar-refractivity contribution >= 4 is 15.9 Å². The second-order valence-corrected chi connectivity index (χ2v) is 3.88. The molecule has 0 amide bonds. The summed E-state index contributed by atoms with van der Waals surface area (Å²) in [5, 5.41) is 17.5. The van der Waals surface area contributed by atoms with Gasteiger partial charge in [-0.25, -0.2) is 0 Å². The predicted octanol–water partition coefficient (Wildman–Crippen LogP) is 2.25. The Balaban J connectivity index is 2.43. The molecule has 1 aromatic heterocycles. The molecule has 0 aliphatic carbocycles. The van der Waals surface area contributed by atoms with Crippen molar-refractivity contribution in [2.45, 2.75) is 5.33 Å². The van der Waals surface area contributed by atoms with Gasteiger partial charge in [0.25, 0.3) is 0 Å². The Morgan fingerprint density at radius 3 is 2.50 bits per heavy atom. The lowest BCUT2D eigenvalue weighted by Crippen LogP contribution is -1.96. The Bertz CT molecular complexity index is 536. The number of hydrogen-bond donors (Lipinski definition) is 0. The van der Waals surface area contributed by atoms with Gasteiger partial charge in [0.2, 0.25) is 0 Å². The highest BCUT2D eigenvalue weighted by Gasteiger charge is 2.09. The largest absolute Gasteiger partial charge is 0.313 e. The van der Waals surface area contributed by atoms with E-state index < -0.39 is 0 Å². The molecule has 16 heavy (non-hydrogen) atoms. The molecular weight excluding hydrogens is 268 g/mol. The molecule has 4 nitrogen and oxygen atoms in total. The monoisotopic (exact) mass is 276 g/mol. The van der Waals surface area contributed by atoms with Crippen molar-refractivity contribution in [2.24, 2.45) is 7.05 Å². The average Bonchev–Trinajstić information content (AvgIpc) is 2.70. The lowest BCUT2D eigenvalue weighted by molar-refractivity contribution is 0.859. The summed E-state index contributed by atoms with van der Waals surface area (Å²) in [6, 6.07) is 9.39. The van der Waals surface area contributed by atoms with Crippen molar-refractivity contribution < 1.29 is 0 Å². The summed E-state index contributed by atoms with van der Waals surface area (Å²) >= 11 is 3.35. The number of benzene rings is 1. The highest BCUT2D eigenvalue weighted by atomic mass is 79.9. The molecule has 0 saturated carbocycles. The molecule has 0 bridgehead atoms. The van der Waals surface area contributed by atoms with E-state index in [0.29, 0.717) is 10.9 Å². The Hall–Kier alpha value is -1.67. The van der Waals surface area contributed by atoms with Crippen molar-refractivity contribution in [3.8, 4) is 17.5 Å². The van der Waals surface area contributed by atoms with E-state index in [1.165, 1.54) is 0 Å². The van der Waals surface area contributed by atoms with Crippen molar-refractivity contribution in [1.29, 1.82) is 5.26 Å². The third-order valence-corrected chi connectivity index (χ3v) is 2.86. The molecule has 0 unspecified atom stereocenters. The van der Waals surface area contributed by atoms with E-state index in [-0.39, 0.29) is 0 Å². The minimum atomic E-state index is 0.645. The van der Waals surface area contributed by atoms with Crippen molar-refractivity contribution in [2.75, 3.05) is 0 Å². The van der Waals surface area contributed by atoms with Crippen molar-refractivity contribution in [1.82, 2.24) is 14.8 Å². The maximum Gasteiger partial charge on any atom is 0.163 e. The first-order valence-electron chi connectivity index (χ1n) is 4.71. The molecule has 5 heteroatoms. The van der Waals surface area contributed by atoms with Crippen molar-refractivity contribution in [3.63, 3.8) is 0 Å².